The highest BCUT2D eigenvalue weighted by atomic mass is 16.7. The van der Waals surface area contributed by atoms with Crippen LogP contribution in [-0.2, 0) is 9.53 Å². The predicted octanol–water partition coefficient (Wildman–Crippen LogP) is 1.73. The van der Waals surface area contributed by atoms with Crippen molar-refractivity contribution in [1.29, 1.82) is 0 Å². The Morgan fingerprint density at radius 3 is 2.64 bits per heavy atom. The molecule has 1 heterocycles. The highest BCUT2D eigenvalue weighted by Gasteiger charge is 2.19. The summed E-state index contributed by atoms with van der Waals surface area (Å²) in [6, 6.07) is 4.13. The minimum absolute atomic E-state index is 0.0951. The van der Waals surface area contributed by atoms with Gasteiger partial charge in [-0.15, -0.1) is 0 Å². The molecule has 3 rings (SSSR count). The van der Waals surface area contributed by atoms with E-state index in [9.17, 15) is 14.4 Å². The van der Waals surface area contributed by atoms with Gasteiger partial charge in [-0.25, -0.2) is 9.59 Å². The number of amides is 3. The number of ether oxygens (including phenoxy) is 3. The largest absolute Gasteiger partial charge is 0.454 e. The summed E-state index contributed by atoms with van der Waals surface area (Å²) in [6.45, 7) is -0.433. The van der Waals surface area contributed by atoms with E-state index in [1.54, 1.807) is 6.07 Å². The number of fused-ring (bicyclic) bond motifs is 1. The van der Waals surface area contributed by atoms with Gasteiger partial charge in [-0.05, 0) is 31.0 Å². The summed E-state index contributed by atoms with van der Waals surface area (Å²) in [6.07, 6.45) is 5.16. The average molecular weight is 348 g/mol. The third-order valence-corrected chi connectivity index (χ3v) is 4.14. The van der Waals surface area contributed by atoms with E-state index in [0.29, 0.717) is 11.5 Å². The van der Waals surface area contributed by atoms with E-state index in [0.717, 1.165) is 25.7 Å². The number of urea groups is 1. The van der Waals surface area contributed by atoms with Gasteiger partial charge in [0.25, 0.3) is 5.91 Å². The number of nitrogens with one attached hydrogen (secondary N) is 2. The van der Waals surface area contributed by atoms with Gasteiger partial charge >= 0.3 is 12.0 Å². The van der Waals surface area contributed by atoms with Crippen LogP contribution in [0.15, 0.2) is 18.2 Å². The first-order valence-corrected chi connectivity index (χ1v) is 8.29. The lowest BCUT2D eigenvalue weighted by molar-refractivity contribution is -0.123. The zero-order valence-corrected chi connectivity index (χ0v) is 13.7. The maximum atomic E-state index is 12.0. The molecule has 0 bridgehead atoms. The molecule has 1 aromatic carbocycles. The number of benzene rings is 1. The van der Waals surface area contributed by atoms with E-state index in [2.05, 4.69) is 10.6 Å². The Kier molecular flexibility index (Phi) is 5.37. The number of rotatable bonds is 4. The molecule has 8 nitrogen and oxygen atoms in total. The second kappa shape index (κ2) is 7.87. The Morgan fingerprint density at radius 2 is 1.84 bits per heavy atom. The zero-order valence-electron chi connectivity index (χ0n) is 13.7. The summed E-state index contributed by atoms with van der Waals surface area (Å²) in [5.41, 5.74) is 0.240. The standard InChI is InChI=1S/C17H20N2O6/c20-15(19-17(22)18-12-4-2-1-3-5-12)9-23-16(21)11-6-7-13-14(8-11)25-10-24-13/h6-8,12H,1-5,9-10H2,(H2,18,19,20,22). The van der Waals surface area contributed by atoms with Gasteiger partial charge in [0.1, 0.15) is 0 Å². The number of carbonyl (C=O) groups excluding carboxylic acids is 3. The maximum Gasteiger partial charge on any atom is 0.338 e. The Labute approximate surface area is 144 Å². The zero-order chi connectivity index (χ0) is 17.6. The van der Waals surface area contributed by atoms with Crippen molar-refractivity contribution in [1.82, 2.24) is 10.6 Å². The highest BCUT2D eigenvalue weighted by Crippen LogP contribution is 2.32. The molecule has 0 saturated heterocycles. The van der Waals surface area contributed by atoms with Gasteiger partial charge < -0.3 is 19.5 Å². The van der Waals surface area contributed by atoms with Gasteiger partial charge in [-0.3, -0.25) is 10.1 Å². The molecule has 0 unspecified atom stereocenters. The molecule has 1 aromatic rings. The molecule has 2 N–H and O–H groups in total. The molecule has 25 heavy (non-hydrogen) atoms. The lowest BCUT2D eigenvalue weighted by Gasteiger charge is -2.22. The molecule has 0 aromatic heterocycles. The van der Waals surface area contributed by atoms with Crippen LogP contribution in [0.4, 0.5) is 4.79 Å². The van der Waals surface area contributed by atoms with Crippen molar-refractivity contribution in [3.05, 3.63) is 23.8 Å². The molecular formula is C17H20N2O6. The van der Waals surface area contributed by atoms with E-state index in [4.69, 9.17) is 14.2 Å². The van der Waals surface area contributed by atoms with Crippen LogP contribution in [0.3, 0.4) is 0 Å². The summed E-state index contributed by atoms with van der Waals surface area (Å²) < 4.78 is 15.2. The van der Waals surface area contributed by atoms with Crippen LogP contribution in [0.2, 0.25) is 0 Å². The van der Waals surface area contributed by atoms with E-state index >= 15 is 0 Å². The van der Waals surface area contributed by atoms with Crippen molar-refractivity contribution >= 4 is 17.9 Å². The fourth-order valence-electron chi connectivity index (χ4n) is 2.87. The molecule has 1 aliphatic carbocycles. The Hall–Kier alpha value is -2.77. The van der Waals surface area contributed by atoms with Crippen molar-refractivity contribution in [2.75, 3.05) is 13.4 Å². The van der Waals surface area contributed by atoms with Crippen LogP contribution in [0.5, 0.6) is 11.5 Å². The molecule has 3 amide bonds. The van der Waals surface area contributed by atoms with Crippen LogP contribution < -0.4 is 20.1 Å². The predicted molar refractivity (Wildman–Crippen MR) is 86.4 cm³/mol. The Morgan fingerprint density at radius 1 is 1.08 bits per heavy atom. The monoisotopic (exact) mass is 348 g/mol. The number of esters is 1. The third kappa shape index (κ3) is 4.62. The lowest BCUT2D eigenvalue weighted by Crippen LogP contribution is -2.46. The second-order valence-electron chi connectivity index (χ2n) is 6.00. The molecule has 2 aliphatic rings. The topological polar surface area (TPSA) is 103 Å². The quantitative estimate of drug-likeness (QED) is 0.803. The molecular weight excluding hydrogens is 328 g/mol. The minimum Gasteiger partial charge on any atom is -0.454 e. The fourth-order valence-corrected chi connectivity index (χ4v) is 2.87. The third-order valence-electron chi connectivity index (χ3n) is 4.14. The second-order valence-corrected chi connectivity index (χ2v) is 6.00. The van der Waals surface area contributed by atoms with Crippen molar-refractivity contribution in [2.45, 2.75) is 38.1 Å². The number of hydrogen-bond donors (Lipinski definition) is 2. The van der Waals surface area contributed by atoms with E-state index in [1.807, 2.05) is 0 Å². The van der Waals surface area contributed by atoms with Crippen LogP contribution in [0.1, 0.15) is 42.5 Å². The molecule has 0 atom stereocenters. The lowest BCUT2D eigenvalue weighted by atomic mass is 9.96. The SMILES string of the molecule is O=C(COC(=O)c1ccc2c(c1)OCO2)NC(=O)NC1CCCCC1. The minimum atomic E-state index is -0.680. The van der Waals surface area contributed by atoms with Gasteiger partial charge in [-0.1, -0.05) is 19.3 Å². The molecule has 8 heteroatoms. The summed E-state index contributed by atoms with van der Waals surface area (Å²) in [5.74, 6) is -0.358. The molecule has 0 spiro atoms. The van der Waals surface area contributed by atoms with Crippen molar-refractivity contribution in [2.24, 2.45) is 0 Å². The van der Waals surface area contributed by atoms with Crippen LogP contribution in [-0.4, -0.2) is 37.3 Å². The fraction of sp³-hybridized carbons (Fsp3) is 0.471. The summed E-state index contributed by atoms with van der Waals surface area (Å²) in [5, 5.41) is 4.92. The van der Waals surface area contributed by atoms with E-state index < -0.39 is 24.5 Å². The molecule has 0 radical (unpaired) electrons. The first-order chi connectivity index (χ1) is 12.1. The summed E-state index contributed by atoms with van der Waals surface area (Å²) >= 11 is 0. The first kappa shape index (κ1) is 17.1. The van der Waals surface area contributed by atoms with Gasteiger partial charge in [0.2, 0.25) is 6.79 Å². The van der Waals surface area contributed by atoms with Crippen LogP contribution in [0, 0.1) is 0 Å². The summed E-state index contributed by atoms with van der Waals surface area (Å²) in [4.78, 5) is 35.4. The molecule has 1 aliphatic heterocycles. The highest BCUT2D eigenvalue weighted by molar-refractivity contribution is 5.97. The maximum absolute atomic E-state index is 12.0. The van der Waals surface area contributed by atoms with Crippen LogP contribution in [0.25, 0.3) is 0 Å². The number of hydrogen-bond acceptors (Lipinski definition) is 6. The first-order valence-electron chi connectivity index (χ1n) is 8.29. The van der Waals surface area contributed by atoms with Gasteiger partial charge in [-0.2, -0.15) is 0 Å². The molecule has 1 saturated carbocycles. The Balaban J connectivity index is 1.42. The average Bonchev–Trinajstić information content (AvgIpc) is 3.08. The van der Waals surface area contributed by atoms with Gasteiger partial charge in [0, 0.05) is 6.04 Å². The molecule has 1 fully saturated rings. The van der Waals surface area contributed by atoms with E-state index in [-0.39, 0.29) is 18.4 Å². The van der Waals surface area contributed by atoms with Gasteiger partial charge in [0.15, 0.2) is 18.1 Å². The Bertz CT molecular complexity index is 669. The van der Waals surface area contributed by atoms with Crippen molar-refractivity contribution in [3.8, 4) is 11.5 Å². The van der Waals surface area contributed by atoms with E-state index in [1.165, 1.54) is 18.6 Å². The number of imide groups is 1. The van der Waals surface area contributed by atoms with Crippen LogP contribution >= 0.6 is 0 Å². The number of carbonyl (C=O) groups is 3. The van der Waals surface area contributed by atoms with Gasteiger partial charge in [0.05, 0.1) is 5.56 Å². The smallest absolute Gasteiger partial charge is 0.338 e. The van der Waals surface area contributed by atoms with Crippen molar-refractivity contribution in [3.63, 3.8) is 0 Å². The van der Waals surface area contributed by atoms with Crippen molar-refractivity contribution < 1.29 is 28.6 Å². The molecule has 134 valence electrons. The normalized spacial score (nSPS) is 16.2. The summed E-state index contributed by atoms with van der Waals surface area (Å²) in [7, 11) is 0.